The van der Waals surface area contributed by atoms with Crippen molar-refractivity contribution < 1.29 is 13.5 Å². The van der Waals surface area contributed by atoms with Crippen molar-refractivity contribution in [3.05, 3.63) is 16.8 Å². The lowest BCUT2D eigenvalue weighted by Crippen LogP contribution is -2.12. The van der Waals surface area contributed by atoms with E-state index in [1.54, 1.807) is 0 Å². The van der Waals surface area contributed by atoms with E-state index in [0.29, 0.717) is 24.1 Å². The molecule has 0 aliphatic rings. The maximum atomic E-state index is 12.0. The van der Waals surface area contributed by atoms with Gasteiger partial charge in [0.05, 0.1) is 5.69 Å². The molecule has 1 heterocycles. The lowest BCUT2D eigenvalue weighted by molar-refractivity contribution is 0.0788. The molecular formula is C11H13F2N3O. The van der Waals surface area contributed by atoms with Crippen LogP contribution in [0.15, 0.2) is 0 Å². The summed E-state index contributed by atoms with van der Waals surface area (Å²) in [5.41, 5.74) is 1.63. The van der Waals surface area contributed by atoms with Crippen LogP contribution in [0.1, 0.15) is 30.7 Å². The Morgan fingerprint density at radius 3 is 2.47 bits per heavy atom. The van der Waals surface area contributed by atoms with Gasteiger partial charge < -0.3 is 4.74 Å². The maximum absolute atomic E-state index is 12.0. The highest BCUT2D eigenvalue weighted by Crippen LogP contribution is 2.21. The molecule has 0 unspecified atom stereocenters. The van der Waals surface area contributed by atoms with Crippen molar-refractivity contribution in [3.63, 3.8) is 0 Å². The summed E-state index contributed by atoms with van der Waals surface area (Å²) in [5, 5.41) is 16.6. The van der Waals surface area contributed by atoms with Gasteiger partial charge in [-0.25, -0.2) is 8.78 Å². The minimum Gasteiger partial charge on any atom is -0.470 e. The zero-order valence-electron chi connectivity index (χ0n) is 9.70. The third-order valence-corrected chi connectivity index (χ3v) is 2.27. The first kappa shape index (κ1) is 13.3. The van der Waals surface area contributed by atoms with Crippen molar-refractivity contribution in [1.29, 1.82) is 5.26 Å². The Hall–Kier alpha value is -1.77. The quantitative estimate of drug-likeness (QED) is 0.792. The number of ether oxygens (including phenoxy) is 1. The lowest BCUT2D eigenvalue weighted by Gasteiger charge is -2.10. The van der Waals surface area contributed by atoms with Crippen molar-refractivity contribution >= 4 is 0 Å². The molecule has 0 aromatic carbocycles. The van der Waals surface area contributed by atoms with E-state index in [0.717, 1.165) is 0 Å². The van der Waals surface area contributed by atoms with Crippen LogP contribution < -0.4 is 4.74 Å². The van der Waals surface area contributed by atoms with E-state index >= 15 is 0 Å². The zero-order chi connectivity index (χ0) is 12.8. The molecular weight excluding hydrogens is 228 g/mol. The van der Waals surface area contributed by atoms with Crippen LogP contribution in [0.4, 0.5) is 8.78 Å². The summed E-state index contributed by atoms with van der Waals surface area (Å²) in [6.07, 6.45) is -1.37. The highest BCUT2D eigenvalue weighted by atomic mass is 19.3. The number of halogens is 2. The number of hydrogen-bond donors (Lipinski definition) is 0. The summed E-state index contributed by atoms with van der Waals surface area (Å²) >= 11 is 0. The second-order valence-electron chi connectivity index (χ2n) is 3.33. The zero-order valence-corrected chi connectivity index (χ0v) is 9.70. The van der Waals surface area contributed by atoms with Gasteiger partial charge >= 0.3 is 0 Å². The molecule has 0 radical (unpaired) electrons. The predicted octanol–water partition coefficient (Wildman–Crippen LogP) is 2.12. The van der Waals surface area contributed by atoms with Crippen molar-refractivity contribution in [2.24, 2.45) is 0 Å². The summed E-state index contributed by atoms with van der Waals surface area (Å²) in [5.74, 6) is -0.109. The van der Waals surface area contributed by atoms with Gasteiger partial charge in [-0.3, -0.25) is 0 Å². The smallest absolute Gasteiger partial charge is 0.272 e. The molecule has 17 heavy (non-hydrogen) atoms. The first-order valence-electron chi connectivity index (χ1n) is 5.33. The Kier molecular flexibility index (Phi) is 4.76. The second-order valence-corrected chi connectivity index (χ2v) is 3.33. The van der Waals surface area contributed by atoms with Crippen LogP contribution in [0.3, 0.4) is 0 Å². The van der Waals surface area contributed by atoms with Gasteiger partial charge in [0, 0.05) is 0 Å². The molecule has 1 rings (SSSR count). The van der Waals surface area contributed by atoms with Crippen LogP contribution in [0, 0.1) is 11.3 Å². The minimum atomic E-state index is -2.60. The number of nitriles is 1. The Bertz CT molecular complexity index is 429. The van der Waals surface area contributed by atoms with Crippen LogP contribution >= 0.6 is 0 Å². The summed E-state index contributed by atoms with van der Waals surface area (Å²) in [6.45, 7) is 2.98. The van der Waals surface area contributed by atoms with Gasteiger partial charge in [-0.15, -0.1) is 5.10 Å². The number of alkyl halides is 2. The average molecular weight is 241 g/mol. The highest BCUT2D eigenvalue weighted by molar-refractivity contribution is 5.46. The first-order chi connectivity index (χ1) is 8.13. The SMILES string of the molecule is CCc1nnc(OCC(F)F)c(C#N)c1CC. The van der Waals surface area contributed by atoms with Crippen LogP contribution in [0.2, 0.25) is 0 Å². The van der Waals surface area contributed by atoms with Gasteiger partial charge in [-0.2, -0.15) is 10.4 Å². The van der Waals surface area contributed by atoms with Crippen LogP contribution in [-0.2, 0) is 12.8 Å². The minimum absolute atomic E-state index is 0.109. The molecule has 0 spiro atoms. The Morgan fingerprint density at radius 1 is 1.29 bits per heavy atom. The molecule has 4 nitrogen and oxygen atoms in total. The molecule has 0 N–H and O–H groups in total. The molecule has 0 atom stereocenters. The average Bonchev–Trinajstić information content (AvgIpc) is 2.34. The third-order valence-electron chi connectivity index (χ3n) is 2.27. The number of hydrogen-bond acceptors (Lipinski definition) is 4. The highest BCUT2D eigenvalue weighted by Gasteiger charge is 2.16. The molecule has 92 valence electrons. The van der Waals surface area contributed by atoms with Gasteiger partial charge in [0.1, 0.15) is 11.6 Å². The molecule has 0 aliphatic carbocycles. The number of aromatic nitrogens is 2. The predicted molar refractivity (Wildman–Crippen MR) is 57.0 cm³/mol. The fourth-order valence-corrected chi connectivity index (χ4v) is 1.51. The third kappa shape index (κ3) is 3.09. The molecule has 6 heteroatoms. The number of aryl methyl sites for hydroxylation is 1. The van der Waals surface area contributed by atoms with E-state index in [9.17, 15) is 8.78 Å². The normalized spacial score (nSPS) is 10.4. The molecule has 0 saturated heterocycles. The van der Waals surface area contributed by atoms with E-state index < -0.39 is 13.0 Å². The molecule has 0 amide bonds. The largest absolute Gasteiger partial charge is 0.470 e. The van der Waals surface area contributed by atoms with Gasteiger partial charge in [-0.05, 0) is 18.4 Å². The van der Waals surface area contributed by atoms with Crippen LogP contribution in [0.25, 0.3) is 0 Å². The monoisotopic (exact) mass is 241 g/mol. The van der Waals surface area contributed by atoms with Crippen LogP contribution in [-0.4, -0.2) is 23.2 Å². The fourth-order valence-electron chi connectivity index (χ4n) is 1.51. The van der Waals surface area contributed by atoms with Crippen molar-refractivity contribution in [3.8, 4) is 11.9 Å². The van der Waals surface area contributed by atoms with Gasteiger partial charge in [-0.1, -0.05) is 13.8 Å². The Morgan fingerprint density at radius 2 is 2.00 bits per heavy atom. The maximum Gasteiger partial charge on any atom is 0.272 e. The first-order valence-corrected chi connectivity index (χ1v) is 5.33. The van der Waals surface area contributed by atoms with Crippen molar-refractivity contribution in [1.82, 2.24) is 10.2 Å². The van der Waals surface area contributed by atoms with E-state index in [-0.39, 0.29) is 11.4 Å². The van der Waals surface area contributed by atoms with Gasteiger partial charge in [0.2, 0.25) is 0 Å². The number of rotatable bonds is 5. The molecule has 1 aromatic heterocycles. The van der Waals surface area contributed by atoms with E-state index in [1.165, 1.54) is 0 Å². The second kappa shape index (κ2) is 6.09. The lowest BCUT2D eigenvalue weighted by atomic mass is 10.0. The van der Waals surface area contributed by atoms with E-state index in [4.69, 9.17) is 10.00 Å². The van der Waals surface area contributed by atoms with Gasteiger partial charge in [0.25, 0.3) is 12.3 Å². The molecule has 0 fully saturated rings. The van der Waals surface area contributed by atoms with E-state index in [1.807, 2.05) is 19.9 Å². The molecule has 0 bridgehead atoms. The van der Waals surface area contributed by atoms with Crippen LogP contribution in [0.5, 0.6) is 5.88 Å². The molecule has 0 aliphatic heterocycles. The summed E-state index contributed by atoms with van der Waals surface area (Å²) < 4.78 is 28.8. The molecule has 1 aromatic rings. The van der Waals surface area contributed by atoms with Crippen molar-refractivity contribution in [2.45, 2.75) is 33.1 Å². The Labute approximate surface area is 98.2 Å². The summed E-state index contributed by atoms with van der Waals surface area (Å²) in [6, 6.07) is 1.94. The Balaban J connectivity index is 3.11. The summed E-state index contributed by atoms with van der Waals surface area (Å²) in [7, 11) is 0. The van der Waals surface area contributed by atoms with E-state index in [2.05, 4.69) is 10.2 Å². The standard InChI is InChI=1S/C11H13F2N3O/c1-3-7-8(5-14)11(17-6-10(12)13)16-15-9(7)4-2/h10H,3-4,6H2,1-2H3. The van der Waals surface area contributed by atoms with Gasteiger partial charge in [0.15, 0.2) is 6.61 Å². The van der Waals surface area contributed by atoms with Crippen molar-refractivity contribution in [2.75, 3.05) is 6.61 Å². The number of nitrogens with zero attached hydrogens (tertiary/aromatic N) is 3. The fraction of sp³-hybridized carbons (Fsp3) is 0.545. The molecule has 0 saturated carbocycles. The summed E-state index contributed by atoms with van der Waals surface area (Å²) in [4.78, 5) is 0. The topological polar surface area (TPSA) is 58.8 Å².